The number of fused-ring (bicyclic) bond motifs is 1. The number of rotatable bonds is 3. The summed E-state index contributed by atoms with van der Waals surface area (Å²) in [4.78, 5) is 32.1. The van der Waals surface area contributed by atoms with E-state index in [9.17, 15) is 14.0 Å². The van der Waals surface area contributed by atoms with Crippen molar-refractivity contribution in [2.45, 2.75) is 25.8 Å². The van der Waals surface area contributed by atoms with Gasteiger partial charge in [-0.3, -0.25) is 4.79 Å². The second-order valence-corrected chi connectivity index (χ2v) is 5.64. The molecule has 8 heteroatoms. The van der Waals surface area contributed by atoms with Crippen LogP contribution in [0.4, 0.5) is 10.2 Å². The summed E-state index contributed by atoms with van der Waals surface area (Å²) in [6.45, 7) is 2.80. The van der Waals surface area contributed by atoms with Crippen LogP contribution in [-0.4, -0.2) is 40.2 Å². The van der Waals surface area contributed by atoms with Crippen LogP contribution >= 0.6 is 0 Å². The fraction of sp³-hybridized carbons (Fsp3) is 0.400. The Morgan fingerprint density at radius 1 is 1.61 bits per heavy atom. The molecular formula is C15H17FN4O3. The van der Waals surface area contributed by atoms with Crippen molar-refractivity contribution >= 4 is 22.8 Å². The largest absolute Gasteiger partial charge is 0.477 e. The van der Waals surface area contributed by atoms with Gasteiger partial charge < -0.3 is 20.7 Å². The number of H-pyrrole nitrogens is 1. The number of nitrogens with zero attached hydrogens (tertiary/aromatic N) is 2. The van der Waals surface area contributed by atoms with Crippen molar-refractivity contribution in [3.63, 3.8) is 0 Å². The predicted octanol–water partition coefficient (Wildman–Crippen LogP) is 0.860. The van der Waals surface area contributed by atoms with E-state index in [1.807, 2.05) is 0 Å². The van der Waals surface area contributed by atoms with Crippen molar-refractivity contribution in [1.82, 2.24) is 9.97 Å². The first-order valence-electron chi connectivity index (χ1n) is 7.41. The maximum atomic E-state index is 14.8. The number of nitrogens with two attached hydrogens (primary N) is 1. The standard InChI is InChI=1S/C15H17FN4O3/c1-2-8-10-12(21)9(15(22)23)5-18-13(10)19-14(11(8)16)20-4-3-7(17)6-20/h5,7H,2-4,6,17H2,1H3,(H,22,23)(H,18,19,21). The summed E-state index contributed by atoms with van der Waals surface area (Å²) in [6.07, 6.45) is 2.09. The Labute approximate surface area is 130 Å². The van der Waals surface area contributed by atoms with Gasteiger partial charge in [-0.25, -0.2) is 14.2 Å². The third-order valence-electron chi connectivity index (χ3n) is 4.15. The topological polar surface area (TPSA) is 112 Å². The Morgan fingerprint density at radius 3 is 2.91 bits per heavy atom. The minimum absolute atomic E-state index is 0.00264. The van der Waals surface area contributed by atoms with Crippen LogP contribution in [0.25, 0.3) is 11.0 Å². The Bertz CT molecular complexity index is 849. The fourth-order valence-electron chi connectivity index (χ4n) is 2.97. The monoisotopic (exact) mass is 320 g/mol. The quantitative estimate of drug-likeness (QED) is 0.773. The van der Waals surface area contributed by atoms with E-state index in [0.717, 1.165) is 12.6 Å². The molecule has 1 atom stereocenters. The van der Waals surface area contributed by atoms with E-state index in [4.69, 9.17) is 10.8 Å². The number of aryl methyl sites for hydroxylation is 1. The summed E-state index contributed by atoms with van der Waals surface area (Å²) in [5.74, 6) is -1.78. The van der Waals surface area contributed by atoms with E-state index in [1.165, 1.54) is 0 Å². The number of aromatic amines is 1. The van der Waals surface area contributed by atoms with Gasteiger partial charge in [0.2, 0.25) is 5.43 Å². The summed E-state index contributed by atoms with van der Waals surface area (Å²) in [5, 5.41) is 9.06. The molecule has 0 aromatic carbocycles. The van der Waals surface area contributed by atoms with Crippen LogP contribution in [0.3, 0.4) is 0 Å². The zero-order valence-electron chi connectivity index (χ0n) is 12.6. The number of nitrogens with one attached hydrogen (secondary N) is 1. The number of aromatic nitrogens is 2. The Kier molecular flexibility index (Phi) is 3.77. The van der Waals surface area contributed by atoms with Gasteiger partial charge in [-0.1, -0.05) is 6.92 Å². The summed E-state index contributed by atoms with van der Waals surface area (Å²) in [6, 6.07) is -0.0367. The van der Waals surface area contributed by atoms with Crippen LogP contribution in [-0.2, 0) is 6.42 Å². The Balaban J connectivity index is 2.28. The number of carboxylic acid groups (broad SMARTS) is 1. The first-order valence-corrected chi connectivity index (χ1v) is 7.41. The van der Waals surface area contributed by atoms with E-state index in [-0.39, 0.29) is 34.9 Å². The highest BCUT2D eigenvalue weighted by Gasteiger charge is 2.27. The minimum Gasteiger partial charge on any atom is -0.477 e. The van der Waals surface area contributed by atoms with Gasteiger partial charge in [0.1, 0.15) is 11.2 Å². The third kappa shape index (κ3) is 2.44. The summed E-state index contributed by atoms with van der Waals surface area (Å²) < 4.78 is 14.8. The van der Waals surface area contributed by atoms with E-state index in [1.54, 1.807) is 11.8 Å². The van der Waals surface area contributed by atoms with E-state index >= 15 is 0 Å². The van der Waals surface area contributed by atoms with Crippen molar-refractivity contribution in [2.24, 2.45) is 5.73 Å². The highest BCUT2D eigenvalue weighted by Crippen LogP contribution is 2.27. The second kappa shape index (κ2) is 5.62. The number of hydrogen-bond acceptors (Lipinski definition) is 5. The smallest absolute Gasteiger partial charge is 0.341 e. The molecule has 122 valence electrons. The van der Waals surface area contributed by atoms with Crippen molar-refractivity contribution < 1.29 is 14.3 Å². The SMILES string of the molecule is CCc1c(F)c(N2CCC(N)C2)nc2[nH]cc(C(=O)O)c(=O)c12. The van der Waals surface area contributed by atoms with Gasteiger partial charge in [0.15, 0.2) is 11.6 Å². The molecule has 2 aromatic heterocycles. The summed E-state index contributed by atoms with van der Waals surface area (Å²) in [5.41, 5.74) is 5.07. The molecule has 4 N–H and O–H groups in total. The third-order valence-corrected chi connectivity index (χ3v) is 4.15. The zero-order valence-corrected chi connectivity index (χ0v) is 12.6. The minimum atomic E-state index is -1.36. The predicted molar refractivity (Wildman–Crippen MR) is 83.5 cm³/mol. The molecule has 1 fully saturated rings. The van der Waals surface area contributed by atoms with Crippen LogP contribution in [0, 0.1) is 5.82 Å². The van der Waals surface area contributed by atoms with E-state index in [0.29, 0.717) is 13.1 Å². The fourth-order valence-corrected chi connectivity index (χ4v) is 2.97. The lowest BCUT2D eigenvalue weighted by atomic mass is 10.1. The molecule has 0 amide bonds. The highest BCUT2D eigenvalue weighted by atomic mass is 19.1. The lowest BCUT2D eigenvalue weighted by molar-refractivity contribution is 0.0695. The normalized spacial score (nSPS) is 17.9. The highest BCUT2D eigenvalue weighted by molar-refractivity contribution is 5.93. The van der Waals surface area contributed by atoms with Crippen LogP contribution in [0.5, 0.6) is 0 Å². The molecule has 0 radical (unpaired) electrons. The van der Waals surface area contributed by atoms with Gasteiger partial charge in [0.25, 0.3) is 0 Å². The van der Waals surface area contributed by atoms with Gasteiger partial charge in [-0.05, 0) is 12.8 Å². The van der Waals surface area contributed by atoms with Crippen LogP contribution in [0.15, 0.2) is 11.0 Å². The maximum Gasteiger partial charge on any atom is 0.341 e. The molecule has 0 saturated carbocycles. The molecule has 0 spiro atoms. The number of hydrogen-bond donors (Lipinski definition) is 3. The molecule has 2 aromatic rings. The molecule has 7 nitrogen and oxygen atoms in total. The van der Waals surface area contributed by atoms with Crippen molar-refractivity contribution in [3.05, 3.63) is 33.4 Å². The first kappa shape index (κ1) is 15.4. The Hall–Kier alpha value is -2.48. The number of aromatic carboxylic acids is 1. The van der Waals surface area contributed by atoms with Crippen molar-refractivity contribution in [2.75, 3.05) is 18.0 Å². The van der Waals surface area contributed by atoms with Gasteiger partial charge in [0.05, 0.1) is 5.39 Å². The molecular weight excluding hydrogens is 303 g/mol. The molecule has 1 aliphatic rings. The number of halogens is 1. The van der Waals surface area contributed by atoms with Crippen LogP contribution in [0.1, 0.15) is 29.3 Å². The van der Waals surface area contributed by atoms with Crippen molar-refractivity contribution in [1.29, 1.82) is 0 Å². The van der Waals surface area contributed by atoms with Gasteiger partial charge in [-0.15, -0.1) is 0 Å². The van der Waals surface area contributed by atoms with Crippen LogP contribution in [0.2, 0.25) is 0 Å². The summed E-state index contributed by atoms with van der Waals surface area (Å²) >= 11 is 0. The van der Waals surface area contributed by atoms with Gasteiger partial charge in [0, 0.05) is 30.9 Å². The number of anilines is 1. The van der Waals surface area contributed by atoms with Gasteiger partial charge in [-0.2, -0.15) is 0 Å². The second-order valence-electron chi connectivity index (χ2n) is 5.64. The molecule has 1 unspecified atom stereocenters. The van der Waals surface area contributed by atoms with E-state index in [2.05, 4.69) is 9.97 Å². The summed E-state index contributed by atoms with van der Waals surface area (Å²) in [7, 11) is 0. The molecule has 3 heterocycles. The van der Waals surface area contributed by atoms with Crippen LogP contribution < -0.4 is 16.1 Å². The number of carbonyl (C=O) groups is 1. The molecule has 3 rings (SSSR count). The maximum absolute atomic E-state index is 14.8. The average molecular weight is 320 g/mol. The lowest BCUT2D eigenvalue weighted by Crippen LogP contribution is -2.28. The molecule has 1 aliphatic heterocycles. The Morgan fingerprint density at radius 2 is 2.35 bits per heavy atom. The van der Waals surface area contributed by atoms with E-state index < -0.39 is 22.8 Å². The molecule has 0 bridgehead atoms. The molecule has 1 saturated heterocycles. The number of carboxylic acids is 1. The zero-order chi connectivity index (χ0) is 16.7. The average Bonchev–Trinajstić information content (AvgIpc) is 2.93. The number of pyridine rings is 2. The molecule has 23 heavy (non-hydrogen) atoms. The van der Waals surface area contributed by atoms with Gasteiger partial charge >= 0.3 is 5.97 Å². The van der Waals surface area contributed by atoms with Crippen molar-refractivity contribution in [3.8, 4) is 0 Å². The first-order chi connectivity index (χ1) is 10.9. The lowest BCUT2D eigenvalue weighted by Gasteiger charge is -2.20. The molecule has 0 aliphatic carbocycles.